The number of benzene rings is 2. The maximum Gasteiger partial charge on any atom is 0.301 e. The number of fused-ring (bicyclic) bond motifs is 1. The van der Waals surface area contributed by atoms with Crippen molar-refractivity contribution in [2.24, 2.45) is 0 Å². The van der Waals surface area contributed by atoms with Crippen molar-refractivity contribution in [2.45, 2.75) is 30.0 Å². The first-order valence-electron chi connectivity index (χ1n) is 12.3. The second-order valence-electron chi connectivity index (χ2n) is 9.32. The van der Waals surface area contributed by atoms with Crippen molar-refractivity contribution in [1.82, 2.24) is 19.6 Å². The molecule has 1 fully saturated rings. The summed E-state index contributed by atoms with van der Waals surface area (Å²) in [7, 11) is 0. The number of amides is 1. The number of pyridine rings is 1. The average molecular weight is 572 g/mol. The van der Waals surface area contributed by atoms with Crippen LogP contribution in [0, 0.1) is 19.7 Å². The van der Waals surface area contributed by atoms with Gasteiger partial charge < -0.3 is 5.11 Å². The zero-order valence-electron chi connectivity index (χ0n) is 21.4. The fourth-order valence-corrected chi connectivity index (χ4v) is 6.53. The quantitative estimate of drug-likeness (QED) is 0.0896. The minimum Gasteiger partial charge on any atom is -0.505 e. The maximum absolute atomic E-state index is 13.9. The van der Waals surface area contributed by atoms with Crippen molar-refractivity contribution in [3.8, 4) is 0 Å². The standard InChI is InChI=1S/C29H22FN5O3S2/c1-16-6-8-18(9-7-16)15-39-29-33-32-28(40-29)35-24(19-10-12-20(30)13-11-19)22(26(37)27(35)38)25(36)23-17(2)31-21-5-3-4-14-34(21)23/h3-14,24,36H,15H2,1-2H3. The largest absolute Gasteiger partial charge is 0.505 e. The molecule has 0 aliphatic carbocycles. The first-order chi connectivity index (χ1) is 19.3. The molecule has 0 bridgehead atoms. The van der Waals surface area contributed by atoms with Crippen molar-refractivity contribution in [3.05, 3.63) is 112 Å². The molecule has 1 saturated heterocycles. The second-order valence-corrected chi connectivity index (χ2v) is 11.5. The minimum absolute atomic E-state index is 0.130. The van der Waals surface area contributed by atoms with Gasteiger partial charge in [0, 0.05) is 11.9 Å². The lowest BCUT2D eigenvalue weighted by Gasteiger charge is -2.22. The number of anilines is 1. The van der Waals surface area contributed by atoms with E-state index in [1.165, 1.54) is 57.8 Å². The van der Waals surface area contributed by atoms with Crippen molar-refractivity contribution >= 4 is 51.3 Å². The zero-order chi connectivity index (χ0) is 28.0. The molecule has 5 aromatic rings. The van der Waals surface area contributed by atoms with Crippen LogP contribution in [0.1, 0.15) is 34.1 Å². The first kappa shape index (κ1) is 25.9. The Morgan fingerprint density at radius 2 is 1.77 bits per heavy atom. The molecule has 11 heteroatoms. The summed E-state index contributed by atoms with van der Waals surface area (Å²) in [6.07, 6.45) is 1.72. The molecule has 6 rings (SSSR count). The van der Waals surface area contributed by atoms with E-state index in [1.54, 1.807) is 29.7 Å². The molecule has 0 spiro atoms. The predicted molar refractivity (Wildman–Crippen MR) is 152 cm³/mol. The number of carbonyl (C=O) groups excluding carboxylic acids is 2. The van der Waals surface area contributed by atoms with Gasteiger partial charge in [-0.05, 0) is 49.2 Å². The first-order valence-corrected chi connectivity index (χ1v) is 14.1. The highest BCUT2D eigenvalue weighted by Crippen LogP contribution is 2.44. The summed E-state index contributed by atoms with van der Waals surface area (Å²) in [4.78, 5) is 32.7. The number of nitrogens with zero attached hydrogens (tertiary/aromatic N) is 5. The van der Waals surface area contributed by atoms with Gasteiger partial charge in [-0.15, -0.1) is 10.2 Å². The van der Waals surface area contributed by atoms with E-state index in [1.807, 2.05) is 37.3 Å². The van der Waals surface area contributed by atoms with Crippen LogP contribution in [-0.2, 0) is 15.3 Å². The molecule has 200 valence electrons. The third-order valence-corrected chi connectivity index (χ3v) is 8.77. The fourth-order valence-electron chi connectivity index (χ4n) is 4.70. The molecule has 40 heavy (non-hydrogen) atoms. The Balaban J connectivity index is 1.43. The Morgan fingerprint density at radius 3 is 2.52 bits per heavy atom. The van der Waals surface area contributed by atoms with E-state index in [9.17, 15) is 19.1 Å². The van der Waals surface area contributed by atoms with E-state index < -0.39 is 23.5 Å². The van der Waals surface area contributed by atoms with Crippen LogP contribution >= 0.6 is 23.1 Å². The molecule has 1 aliphatic rings. The van der Waals surface area contributed by atoms with Gasteiger partial charge >= 0.3 is 5.91 Å². The van der Waals surface area contributed by atoms with Gasteiger partial charge in [0.15, 0.2) is 10.1 Å². The van der Waals surface area contributed by atoms with E-state index in [4.69, 9.17) is 0 Å². The number of aliphatic hydroxyl groups is 1. The van der Waals surface area contributed by atoms with Gasteiger partial charge in [0.05, 0.1) is 17.3 Å². The smallest absolute Gasteiger partial charge is 0.301 e. The lowest BCUT2D eigenvalue weighted by atomic mass is 9.96. The van der Waals surface area contributed by atoms with Crippen LogP contribution in [0.4, 0.5) is 9.52 Å². The molecule has 2 aromatic carbocycles. The van der Waals surface area contributed by atoms with Gasteiger partial charge in [0.1, 0.15) is 17.2 Å². The predicted octanol–water partition coefficient (Wildman–Crippen LogP) is 5.86. The van der Waals surface area contributed by atoms with Crippen LogP contribution in [0.25, 0.3) is 11.4 Å². The second kappa shape index (κ2) is 10.3. The Kier molecular flexibility index (Phi) is 6.68. The number of carbonyl (C=O) groups is 2. The van der Waals surface area contributed by atoms with Crippen molar-refractivity contribution < 1.29 is 19.1 Å². The van der Waals surface area contributed by atoms with E-state index in [0.29, 0.717) is 32.7 Å². The van der Waals surface area contributed by atoms with Crippen LogP contribution in [-0.4, -0.2) is 36.4 Å². The summed E-state index contributed by atoms with van der Waals surface area (Å²) >= 11 is 2.64. The summed E-state index contributed by atoms with van der Waals surface area (Å²) in [5, 5.41) is 20.3. The summed E-state index contributed by atoms with van der Waals surface area (Å²) in [6.45, 7) is 3.74. The van der Waals surface area contributed by atoms with Crippen LogP contribution in [0.2, 0.25) is 0 Å². The topological polar surface area (TPSA) is 101 Å². The molecule has 1 unspecified atom stereocenters. The van der Waals surface area contributed by atoms with Crippen LogP contribution in [0.3, 0.4) is 0 Å². The van der Waals surface area contributed by atoms with Crippen molar-refractivity contribution in [1.29, 1.82) is 0 Å². The average Bonchev–Trinajstić information content (AvgIpc) is 3.62. The monoisotopic (exact) mass is 571 g/mol. The number of aromatic nitrogens is 4. The molecule has 0 radical (unpaired) electrons. The van der Waals surface area contributed by atoms with Crippen LogP contribution in [0.5, 0.6) is 0 Å². The molecule has 3 aromatic heterocycles. The highest BCUT2D eigenvalue weighted by Gasteiger charge is 2.48. The normalized spacial score (nSPS) is 16.8. The molecular weight excluding hydrogens is 549 g/mol. The highest BCUT2D eigenvalue weighted by molar-refractivity contribution is 8.00. The number of aryl methyl sites for hydroxylation is 2. The lowest BCUT2D eigenvalue weighted by Crippen LogP contribution is -2.29. The molecule has 4 heterocycles. The number of halogens is 1. The van der Waals surface area contributed by atoms with E-state index in [2.05, 4.69) is 15.2 Å². The number of thioether (sulfide) groups is 1. The van der Waals surface area contributed by atoms with Crippen LogP contribution in [0.15, 0.2) is 82.8 Å². The summed E-state index contributed by atoms with van der Waals surface area (Å²) in [5.41, 5.74) is 3.95. The third kappa shape index (κ3) is 4.56. The molecule has 1 amide bonds. The molecule has 1 aliphatic heterocycles. The minimum atomic E-state index is -1.04. The van der Waals surface area contributed by atoms with E-state index >= 15 is 0 Å². The number of hydrogen-bond donors (Lipinski definition) is 1. The number of hydrogen-bond acceptors (Lipinski definition) is 8. The van der Waals surface area contributed by atoms with Crippen molar-refractivity contribution in [2.75, 3.05) is 4.90 Å². The number of Topliss-reactive ketones (excluding diaryl/α,β-unsaturated/α-hetero) is 1. The maximum atomic E-state index is 13.9. The molecule has 0 saturated carbocycles. The highest BCUT2D eigenvalue weighted by atomic mass is 32.2. The number of ketones is 1. The Labute approximate surface area is 236 Å². The summed E-state index contributed by atoms with van der Waals surface area (Å²) < 4.78 is 16.1. The molecular formula is C29H22FN5O3S2. The summed E-state index contributed by atoms with van der Waals surface area (Å²) in [5.74, 6) is -1.91. The molecule has 1 N–H and O–H groups in total. The van der Waals surface area contributed by atoms with Gasteiger partial charge in [0.25, 0.3) is 5.78 Å². The Bertz CT molecular complexity index is 1790. The van der Waals surface area contributed by atoms with Gasteiger partial charge in [-0.3, -0.25) is 18.9 Å². The molecule has 8 nitrogen and oxygen atoms in total. The number of aliphatic hydroxyl groups excluding tert-OH is 1. The lowest BCUT2D eigenvalue weighted by molar-refractivity contribution is -0.132. The van der Waals surface area contributed by atoms with Crippen LogP contribution < -0.4 is 4.90 Å². The molecule has 1 atom stereocenters. The zero-order valence-corrected chi connectivity index (χ0v) is 23.0. The van der Waals surface area contributed by atoms with E-state index in [-0.39, 0.29) is 16.5 Å². The van der Waals surface area contributed by atoms with E-state index in [0.717, 1.165) is 5.56 Å². The van der Waals surface area contributed by atoms with Gasteiger partial charge in [0.2, 0.25) is 5.13 Å². The summed E-state index contributed by atoms with van der Waals surface area (Å²) in [6, 6.07) is 17.9. The van der Waals surface area contributed by atoms with Gasteiger partial charge in [-0.2, -0.15) is 0 Å². The SMILES string of the molecule is Cc1ccc(CSc2nnc(N3C(=O)C(=O)C(=C(O)c4c(C)nc5ccccn45)C3c3ccc(F)cc3)s2)cc1. The van der Waals surface area contributed by atoms with Gasteiger partial charge in [-0.1, -0.05) is 71.1 Å². The van der Waals surface area contributed by atoms with Gasteiger partial charge in [-0.25, -0.2) is 9.37 Å². The van der Waals surface area contributed by atoms with Crippen molar-refractivity contribution in [3.63, 3.8) is 0 Å². The Morgan fingerprint density at radius 1 is 1.02 bits per heavy atom. The fraction of sp³-hybridized carbons (Fsp3) is 0.138. The number of imidazole rings is 1. The third-order valence-electron chi connectivity index (χ3n) is 6.64. The number of rotatable bonds is 6. The Hall–Kier alpha value is -4.35.